The number of nitrogens with two attached hydrogens (primary N) is 1. The number of hydrogen-bond donors (Lipinski definition) is 2. The van der Waals surface area contributed by atoms with E-state index in [0.717, 1.165) is 0 Å². The molecule has 5 nitrogen and oxygen atoms in total. The topological polar surface area (TPSA) is 89.6 Å². The molecule has 0 bridgehead atoms. The molecular formula is C8H13NO4. The van der Waals surface area contributed by atoms with E-state index in [0.29, 0.717) is 6.42 Å². The summed E-state index contributed by atoms with van der Waals surface area (Å²) in [5.41, 5.74) is 5.16. The van der Waals surface area contributed by atoms with E-state index in [1.807, 2.05) is 0 Å². The van der Waals surface area contributed by atoms with Gasteiger partial charge in [-0.25, -0.2) is 0 Å². The van der Waals surface area contributed by atoms with E-state index >= 15 is 0 Å². The van der Waals surface area contributed by atoms with Gasteiger partial charge in [0.2, 0.25) is 0 Å². The van der Waals surface area contributed by atoms with Gasteiger partial charge in [-0.15, -0.1) is 0 Å². The minimum Gasteiger partial charge on any atom is -0.480 e. The number of carboxylic acids is 1. The van der Waals surface area contributed by atoms with Gasteiger partial charge in [-0.2, -0.15) is 0 Å². The van der Waals surface area contributed by atoms with Crippen LogP contribution >= 0.6 is 0 Å². The maximum absolute atomic E-state index is 10.3. The molecule has 0 fully saturated rings. The third kappa shape index (κ3) is 7.02. The van der Waals surface area contributed by atoms with E-state index in [1.54, 1.807) is 6.08 Å². The number of hydrogen-bond acceptors (Lipinski definition) is 4. The molecule has 0 aliphatic carbocycles. The summed E-state index contributed by atoms with van der Waals surface area (Å²) in [6.45, 7) is 1.56. The quantitative estimate of drug-likeness (QED) is 0.356. The van der Waals surface area contributed by atoms with Crippen molar-refractivity contribution in [1.29, 1.82) is 0 Å². The Morgan fingerprint density at radius 2 is 2.23 bits per heavy atom. The summed E-state index contributed by atoms with van der Waals surface area (Å²) in [5.74, 6) is -1.43. The smallest absolute Gasteiger partial charge is 0.324 e. The molecular weight excluding hydrogens is 174 g/mol. The molecule has 0 rings (SSSR count). The first kappa shape index (κ1) is 11.6. The van der Waals surface area contributed by atoms with Crippen LogP contribution in [-0.4, -0.2) is 29.7 Å². The molecule has 13 heavy (non-hydrogen) atoms. The Bertz CT molecular complexity index is 212. The molecule has 5 heteroatoms. The largest absolute Gasteiger partial charge is 0.480 e. The van der Waals surface area contributed by atoms with Crippen LogP contribution in [0.15, 0.2) is 12.2 Å². The van der Waals surface area contributed by atoms with E-state index in [1.165, 1.54) is 13.0 Å². The van der Waals surface area contributed by atoms with Gasteiger partial charge >= 0.3 is 11.9 Å². The number of carbonyl (C=O) groups is 2. The van der Waals surface area contributed by atoms with Gasteiger partial charge in [-0.05, 0) is 6.42 Å². The standard InChI is InChI=1S/C8H13NO4/c1-6(10)13-5-3-2-4-7(9)8(11)12/h2,4,7H,3,5,9H2,1H3,(H,11,12)/b4-2+. The fourth-order valence-corrected chi connectivity index (χ4v) is 0.596. The van der Waals surface area contributed by atoms with Gasteiger partial charge in [-0.3, -0.25) is 9.59 Å². The molecule has 0 saturated heterocycles. The minimum absolute atomic E-state index is 0.248. The van der Waals surface area contributed by atoms with E-state index in [2.05, 4.69) is 4.74 Å². The van der Waals surface area contributed by atoms with Crippen LogP contribution in [0, 0.1) is 0 Å². The van der Waals surface area contributed by atoms with Crippen LogP contribution < -0.4 is 5.73 Å². The van der Waals surface area contributed by atoms with E-state index in [4.69, 9.17) is 10.8 Å². The monoisotopic (exact) mass is 187 g/mol. The average Bonchev–Trinajstić information content (AvgIpc) is 2.02. The highest BCUT2D eigenvalue weighted by Gasteiger charge is 2.04. The lowest BCUT2D eigenvalue weighted by molar-refractivity contribution is -0.141. The molecule has 1 unspecified atom stereocenters. The summed E-state index contributed by atoms with van der Waals surface area (Å²) in [7, 11) is 0. The Morgan fingerprint density at radius 3 is 2.69 bits per heavy atom. The molecule has 0 aliphatic heterocycles. The molecule has 0 heterocycles. The Hall–Kier alpha value is -1.36. The Morgan fingerprint density at radius 1 is 1.62 bits per heavy atom. The predicted molar refractivity (Wildman–Crippen MR) is 46.0 cm³/mol. The molecule has 0 aliphatic rings. The van der Waals surface area contributed by atoms with Gasteiger partial charge in [0.15, 0.2) is 0 Å². The highest BCUT2D eigenvalue weighted by molar-refractivity contribution is 5.75. The fraction of sp³-hybridized carbons (Fsp3) is 0.500. The van der Waals surface area contributed by atoms with Gasteiger partial charge in [0.05, 0.1) is 6.61 Å². The van der Waals surface area contributed by atoms with Crippen LogP contribution in [-0.2, 0) is 14.3 Å². The minimum atomic E-state index is -1.08. The van der Waals surface area contributed by atoms with Crippen molar-refractivity contribution in [3.05, 3.63) is 12.2 Å². The molecule has 3 N–H and O–H groups in total. The van der Waals surface area contributed by atoms with Crippen LogP contribution in [0.3, 0.4) is 0 Å². The number of ether oxygens (including phenoxy) is 1. The van der Waals surface area contributed by atoms with Crippen LogP contribution in [0.4, 0.5) is 0 Å². The van der Waals surface area contributed by atoms with Gasteiger partial charge in [0, 0.05) is 6.92 Å². The number of aliphatic carboxylic acids is 1. The Labute approximate surface area is 76.2 Å². The lowest BCUT2D eigenvalue weighted by Gasteiger charge is -1.99. The van der Waals surface area contributed by atoms with Crippen molar-refractivity contribution in [3.63, 3.8) is 0 Å². The highest BCUT2D eigenvalue weighted by Crippen LogP contribution is 1.89. The molecule has 0 amide bonds. The molecule has 0 aromatic heterocycles. The second-order valence-electron chi connectivity index (χ2n) is 2.42. The van der Waals surface area contributed by atoms with Gasteiger partial charge in [0.25, 0.3) is 0 Å². The zero-order valence-electron chi connectivity index (χ0n) is 7.40. The second-order valence-corrected chi connectivity index (χ2v) is 2.42. The average molecular weight is 187 g/mol. The predicted octanol–water partition coefficient (Wildman–Crippen LogP) is -0.0923. The SMILES string of the molecule is CC(=O)OCC/C=C/C(N)C(=O)O. The number of rotatable bonds is 5. The van der Waals surface area contributed by atoms with Crippen LogP contribution in [0.2, 0.25) is 0 Å². The van der Waals surface area contributed by atoms with Crippen LogP contribution in [0.1, 0.15) is 13.3 Å². The lowest BCUT2D eigenvalue weighted by atomic mass is 10.2. The first-order valence-corrected chi connectivity index (χ1v) is 3.82. The number of esters is 1. The molecule has 0 spiro atoms. The normalized spacial score (nSPS) is 12.8. The van der Waals surface area contributed by atoms with Crippen molar-refractivity contribution < 1.29 is 19.4 Å². The van der Waals surface area contributed by atoms with Crippen molar-refractivity contribution in [2.24, 2.45) is 5.73 Å². The number of carbonyl (C=O) groups excluding carboxylic acids is 1. The third-order valence-electron chi connectivity index (χ3n) is 1.22. The molecule has 0 aromatic carbocycles. The van der Waals surface area contributed by atoms with Crippen LogP contribution in [0.5, 0.6) is 0 Å². The molecule has 0 aromatic rings. The highest BCUT2D eigenvalue weighted by atomic mass is 16.5. The maximum Gasteiger partial charge on any atom is 0.324 e. The second kappa shape index (κ2) is 6.19. The van der Waals surface area contributed by atoms with E-state index < -0.39 is 12.0 Å². The molecule has 0 radical (unpaired) electrons. The van der Waals surface area contributed by atoms with Gasteiger partial charge in [-0.1, -0.05) is 12.2 Å². The summed E-state index contributed by atoms with van der Waals surface area (Å²) < 4.78 is 4.61. The summed E-state index contributed by atoms with van der Waals surface area (Å²) in [6.07, 6.45) is 3.40. The van der Waals surface area contributed by atoms with Gasteiger partial charge in [0.1, 0.15) is 6.04 Å². The zero-order valence-corrected chi connectivity index (χ0v) is 7.40. The van der Waals surface area contributed by atoms with Crippen LogP contribution in [0.25, 0.3) is 0 Å². The summed E-state index contributed by atoms with van der Waals surface area (Å²) in [5, 5.41) is 8.37. The van der Waals surface area contributed by atoms with Crippen molar-refractivity contribution in [2.75, 3.05) is 6.61 Å². The van der Waals surface area contributed by atoms with Crippen molar-refractivity contribution in [2.45, 2.75) is 19.4 Å². The number of carboxylic acid groups (broad SMARTS) is 1. The van der Waals surface area contributed by atoms with E-state index in [9.17, 15) is 9.59 Å². The maximum atomic E-state index is 10.3. The Balaban J connectivity index is 3.52. The van der Waals surface area contributed by atoms with E-state index in [-0.39, 0.29) is 12.6 Å². The lowest BCUT2D eigenvalue weighted by Crippen LogP contribution is -2.27. The zero-order chi connectivity index (χ0) is 10.3. The molecule has 0 saturated carbocycles. The van der Waals surface area contributed by atoms with Crippen molar-refractivity contribution >= 4 is 11.9 Å². The molecule has 1 atom stereocenters. The summed E-state index contributed by atoms with van der Waals surface area (Å²) in [6, 6.07) is -0.989. The van der Waals surface area contributed by atoms with Crippen molar-refractivity contribution in [3.8, 4) is 0 Å². The molecule has 74 valence electrons. The summed E-state index contributed by atoms with van der Waals surface area (Å²) in [4.78, 5) is 20.5. The first-order chi connectivity index (χ1) is 6.04. The third-order valence-corrected chi connectivity index (χ3v) is 1.22. The van der Waals surface area contributed by atoms with Gasteiger partial charge < -0.3 is 15.6 Å². The fourth-order valence-electron chi connectivity index (χ4n) is 0.596. The first-order valence-electron chi connectivity index (χ1n) is 3.82. The van der Waals surface area contributed by atoms with Crippen molar-refractivity contribution in [1.82, 2.24) is 0 Å². The summed E-state index contributed by atoms with van der Waals surface area (Å²) >= 11 is 0. The Kier molecular flexibility index (Phi) is 5.54.